The molecule has 74 valence electrons. The molecule has 1 aromatic rings. The van der Waals surface area contributed by atoms with Crippen LogP contribution in [0.1, 0.15) is 17.2 Å². The van der Waals surface area contributed by atoms with Crippen LogP contribution in [0.15, 0.2) is 12.1 Å². The number of benzene rings is 1. The Morgan fingerprint density at radius 3 is 2.71 bits per heavy atom. The molecule has 0 radical (unpaired) electrons. The van der Waals surface area contributed by atoms with Crippen molar-refractivity contribution in [3.05, 3.63) is 29.1 Å². The van der Waals surface area contributed by atoms with Crippen LogP contribution in [0.2, 0.25) is 0 Å². The lowest BCUT2D eigenvalue weighted by Gasteiger charge is -2.11. The highest BCUT2D eigenvalue weighted by Crippen LogP contribution is 2.22. The van der Waals surface area contributed by atoms with Crippen molar-refractivity contribution >= 4 is 5.69 Å². The number of hydrogen-bond acceptors (Lipinski definition) is 4. The zero-order chi connectivity index (χ0) is 10.7. The Labute approximate surface area is 80.6 Å². The maximum Gasteiger partial charge on any atom is 0.147 e. The molecular weight excluding hydrogens is 185 g/mol. The minimum absolute atomic E-state index is 0.0684. The first-order valence-electron chi connectivity index (χ1n) is 3.96. The first kappa shape index (κ1) is 10.4. The van der Waals surface area contributed by atoms with Crippen molar-refractivity contribution in [3.63, 3.8) is 0 Å². The summed E-state index contributed by atoms with van der Waals surface area (Å²) in [6, 6.07) is 3.58. The van der Waals surface area contributed by atoms with Gasteiger partial charge in [-0.25, -0.2) is 4.39 Å². The van der Waals surface area contributed by atoms with Crippen molar-refractivity contribution in [1.82, 2.24) is 0 Å². The van der Waals surface area contributed by atoms with Crippen molar-refractivity contribution in [2.45, 2.75) is 6.04 Å². The summed E-state index contributed by atoms with van der Waals surface area (Å²) in [4.78, 5) is 0. The number of aliphatic hydroxyl groups excluding tert-OH is 1. The number of hydrogen-bond donors (Lipinski definition) is 3. The van der Waals surface area contributed by atoms with E-state index in [0.29, 0.717) is 0 Å². The molecule has 0 bridgehead atoms. The van der Waals surface area contributed by atoms with E-state index in [1.165, 1.54) is 12.1 Å². The molecule has 1 aromatic carbocycles. The van der Waals surface area contributed by atoms with Gasteiger partial charge in [0.2, 0.25) is 0 Å². The van der Waals surface area contributed by atoms with E-state index in [-0.39, 0.29) is 23.4 Å². The quantitative estimate of drug-likeness (QED) is 0.590. The molecule has 0 fully saturated rings. The second kappa shape index (κ2) is 4.05. The van der Waals surface area contributed by atoms with Crippen molar-refractivity contribution < 1.29 is 9.50 Å². The van der Waals surface area contributed by atoms with Gasteiger partial charge in [-0.15, -0.1) is 0 Å². The zero-order valence-electron chi connectivity index (χ0n) is 7.37. The molecule has 0 aliphatic rings. The van der Waals surface area contributed by atoms with Gasteiger partial charge in [-0.1, -0.05) is 6.07 Å². The molecule has 0 amide bonds. The normalized spacial score (nSPS) is 12.1. The predicted octanol–water partition coefficient (Wildman–Crippen LogP) is 0.272. The summed E-state index contributed by atoms with van der Waals surface area (Å²) in [6.45, 7) is -0.383. The van der Waals surface area contributed by atoms with Crippen molar-refractivity contribution in [2.75, 3.05) is 12.3 Å². The molecule has 1 rings (SSSR count). The molecule has 5 heteroatoms. The highest BCUT2D eigenvalue weighted by molar-refractivity contribution is 5.56. The van der Waals surface area contributed by atoms with Gasteiger partial charge in [-0.3, -0.25) is 0 Å². The monoisotopic (exact) mass is 195 g/mol. The lowest BCUT2D eigenvalue weighted by Crippen LogP contribution is -2.17. The van der Waals surface area contributed by atoms with Gasteiger partial charge in [0.15, 0.2) is 0 Å². The van der Waals surface area contributed by atoms with Crippen LogP contribution in [0.3, 0.4) is 0 Å². The van der Waals surface area contributed by atoms with Crippen LogP contribution < -0.4 is 11.5 Å². The van der Waals surface area contributed by atoms with Crippen LogP contribution in [0.4, 0.5) is 10.1 Å². The van der Waals surface area contributed by atoms with Gasteiger partial charge in [0.1, 0.15) is 17.4 Å². The minimum Gasteiger partial charge on any atom is -0.398 e. The summed E-state index contributed by atoms with van der Waals surface area (Å²) >= 11 is 0. The number of anilines is 1. The first-order chi connectivity index (χ1) is 6.61. The first-order valence-corrected chi connectivity index (χ1v) is 3.96. The van der Waals surface area contributed by atoms with E-state index in [4.69, 9.17) is 21.8 Å². The number of rotatable bonds is 2. The van der Waals surface area contributed by atoms with E-state index < -0.39 is 11.9 Å². The molecule has 4 nitrogen and oxygen atoms in total. The Balaban J connectivity index is 3.30. The summed E-state index contributed by atoms with van der Waals surface area (Å²) in [5, 5.41) is 17.3. The Morgan fingerprint density at radius 1 is 1.57 bits per heavy atom. The van der Waals surface area contributed by atoms with Gasteiger partial charge in [0.25, 0.3) is 0 Å². The molecule has 14 heavy (non-hydrogen) atoms. The summed E-state index contributed by atoms with van der Waals surface area (Å²) < 4.78 is 13.5. The van der Waals surface area contributed by atoms with Gasteiger partial charge < -0.3 is 16.6 Å². The highest BCUT2D eigenvalue weighted by Gasteiger charge is 2.15. The van der Waals surface area contributed by atoms with E-state index in [0.717, 1.165) is 0 Å². The van der Waals surface area contributed by atoms with Crippen molar-refractivity contribution in [2.24, 2.45) is 5.73 Å². The average molecular weight is 195 g/mol. The van der Waals surface area contributed by atoms with E-state index in [9.17, 15) is 4.39 Å². The summed E-state index contributed by atoms with van der Waals surface area (Å²) in [7, 11) is 0. The van der Waals surface area contributed by atoms with Gasteiger partial charge in [0, 0.05) is 5.56 Å². The smallest absolute Gasteiger partial charge is 0.147 e. The van der Waals surface area contributed by atoms with Crippen molar-refractivity contribution in [3.8, 4) is 6.07 Å². The number of halogens is 1. The molecule has 0 spiro atoms. The Kier molecular flexibility index (Phi) is 3.02. The Hall–Kier alpha value is -1.64. The lowest BCUT2D eigenvalue weighted by molar-refractivity contribution is 0.265. The van der Waals surface area contributed by atoms with Crippen molar-refractivity contribution in [1.29, 1.82) is 5.26 Å². The maximum atomic E-state index is 13.5. The third kappa shape index (κ3) is 1.66. The van der Waals surface area contributed by atoms with Crippen LogP contribution in [-0.4, -0.2) is 11.7 Å². The topological polar surface area (TPSA) is 96.1 Å². The number of nitrogens with zero attached hydrogens (tertiary/aromatic N) is 1. The van der Waals surface area contributed by atoms with E-state index in [1.807, 2.05) is 0 Å². The van der Waals surface area contributed by atoms with Gasteiger partial charge >= 0.3 is 0 Å². The van der Waals surface area contributed by atoms with Gasteiger partial charge in [0.05, 0.1) is 18.3 Å². The summed E-state index contributed by atoms with van der Waals surface area (Å²) in [5.41, 5.74) is 10.7. The fourth-order valence-corrected chi connectivity index (χ4v) is 1.11. The minimum atomic E-state index is -0.831. The van der Waals surface area contributed by atoms with Crippen LogP contribution >= 0.6 is 0 Å². The van der Waals surface area contributed by atoms with Gasteiger partial charge in [-0.05, 0) is 6.07 Å². The zero-order valence-corrected chi connectivity index (χ0v) is 7.37. The van der Waals surface area contributed by atoms with E-state index in [2.05, 4.69) is 0 Å². The summed E-state index contributed by atoms with van der Waals surface area (Å²) in [5.74, 6) is -0.756. The molecule has 0 aliphatic carbocycles. The molecule has 0 aliphatic heterocycles. The Morgan fingerprint density at radius 2 is 2.21 bits per heavy atom. The number of nitrogens with two attached hydrogens (primary N) is 2. The van der Waals surface area contributed by atoms with Crippen LogP contribution in [0.25, 0.3) is 0 Å². The third-order valence-electron chi connectivity index (χ3n) is 1.91. The highest BCUT2D eigenvalue weighted by atomic mass is 19.1. The fourth-order valence-electron chi connectivity index (χ4n) is 1.11. The van der Waals surface area contributed by atoms with Crippen LogP contribution in [-0.2, 0) is 0 Å². The van der Waals surface area contributed by atoms with Crippen LogP contribution in [0, 0.1) is 17.1 Å². The van der Waals surface area contributed by atoms with Crippen LogP contribution in [0.5, 0.6) is 0 Å². The molecule has 0 saturated carbocycles. The average Bonchev–Trinajstić information content (AvgIpc) is 2.18. The molecule has 1 unspecified atom stereocenters. The number of aliphatic hydroxyl groups is 1. The molecule has 0 saturated heterocycles. The fraction of sp³-hybridized carbons (Fsp3) is 0.222. The van der Waals surface area contributed by atoms with E-state index >= 15 is 0 Å². The predicted molar refractivity (Wildman–Crippen MR) is 49.5 cm³/mol. The SMILES string of the molecule is N#Cc1c(N)ccc(C(N)CO)c1F. The van der Waals surface area contributed by atoms with E-state index in [1.54, 1.807) is 6.07 Å². The molecule has 0 heterocycles. The molecule has 0 aromatic heterocycles. The number of nitrogen functional groups attached to an aromatic ring is 1. The number of nitriles is 1. The molecular formula is C9H10FN3O. The molecule has 5 N–H and O–H groups in total. The lowest BCUT2D eigenvalue weighted by atomic mass is 10.0. The largest absolute Gasteiger partial charge is 0.398 e. The Bertz CT molecular complexity index is 386. The summed E-state index contributed by atoms with van der Waals surface area (Å²) in [6.07, 6.45) is 0. The standard InChI is InChI=1S/C9H10FN3O/c10-9-5(8(13)4-14)1-2-7(12)6(9)3-11/h1-2,8,14H,4,12-13H2. The molecule has 1 atom stereocenters. The third-order valence-corrected chi connectivity index (χ3v) is 1.91. The second-order valence-electron chi connectivity index (χ2n) is 2.83. The van der Waals surface area contributed by atoms with Gasteiger partial charge in [-0.2, -0.15) is 5.26 Å². The second-order valence-corrected chi connectivity index (χ2v) is 2.83. The maximum absolute atomic E-state index is 13.5.